The maximum absolute atomic E-state index is 11.6. The highest BCUT2D eigenvalue weighted by Gasteiger charge is 2.31. The van der Waals surface area contributed by atoms with Crippen molar-refractivity contribution in [3.05, 3.63) is 81.9 Å². The zero-order chi connectivity index (χ0) is 18.8. The molecule has 138 valence electrons. The number of nitrogens with zero attached hydrogens (tertiary/aromatic N) is 2. The van der Waals surface area contributed by atoms with Crippen LogP contribution >= 0.6 is 0 Å². The van der Waals surface area contributed by atoms with Gasteiger partial charge >= 0.3 is 0 Å². The molecule has 0 saturated carbocycles. The lowest BCUT2D eigenvalue weighted by Gasteiger charge is -2.35. The van der Waals surface area contributed by atoms with Crippen molar-refractivity contribution >= 4 is 16.5 Å². The van der Waals surface area contributed by atoms with E-state index in [0.717, 1.165) is 10.8 Å². The van der Waals surface area contributed by atoms with Crippen LogP contribution in [0.15, 0.2) is 60.7 Å². The van der Waals surface area contributed by atoms with Gasteiger partial charge in [0.2, 0.25) is 0 Å². The molecule has 6 heteroatoms. The van der Waals surface area contributed by atoms with E-state index in [1.807, 2.05) is 36.4 Å². The fourth-order valence-corrected chi connectivity index (χ4v) is 3.77. The van der Waals surface area contributed by atoms with E-state index < -0.39 is 6.04 Å². The van der Waals surface area contributed by atoms with Gasteiger partial charge in [0, 0.05) is 30.1 Å². The zero-order valence-corrected chi connectivity index (χ0v) is 14.7. The van der Waals surface area contributed by atoms with Crippen molar-refractivity contribution in [2.75, 3.05) is 26.3 Å². The summed E-state index contributed by atoms with van der Waals surface area (Å²) in [5.41, 5.74) is 1.31. The van der Waals surface area contributed by atoms with Crippen molar-refractivity contribution in [3.8, 4) is 5.75 Å². The monoisotopic (exact) mass is 364 g/mol. The Morgan fingerprint density at radius 3 is 2.44 bits per heavy atom. The summed E-state index contributed by atoms with van der Waals surface area (Å²) in [5, 5.41) is 24.3. The van der Waals surface area contributed by atoms with E-state index in [2.05, 4.69) is 4.90 Å². The molecule has 1 N–H and O–H groups in total. The molecular weight excluding hydrogens is 344 g/mol. The number of fused-ring (bicyclic) bond motifs is 1. The molecule has 0 amide bonds. The number of nitro benzene ring substituents is 1. The average Bonchev–Trinajstić information content (AvgIpc) is 2.71. The molecule has 0 unspecified atom stereocenters. The van der Waals surface area contributed by atoms with E-state index in [1.165, 1.54) is 6.07 Å². The maximum atomic E-state index is 11.6. The van der Waals surface area contributed by atoms with Crippen LogP contribution in [0.1, 0.15) is 17.2 Å². The van der Waals surface area contributed by atoms with Crippen LogP contribution in [0, 0.1) is 10.1 Å². The molecule has 0 aliphatic carbocycles. The first kappa shape index (κ1) is 17.5. The summed E-state index contributed by atoms with van der Waals surface area (Å²) in [6.07, 6.45) is 0. The third kappa shape index (κ3) is 3.25. The van der Waals surface area contributed by atoms with Crippen LogP contribution in [-0.4, -0.2) is 41.2 Å². The molecule has 1 saturated heterocycles. The first-order valence-electron chi connectivity index (χ1n) is 8.92. The van der Waals surface area contributed by atoms with E-state index in [-0.39, 0.29) is 16.4 Å². The number of para-hydroxylation sites is 1. The molecule has 6 nitrogen and oxygen atoms in total. The van der Waals surface area contributed by atoms with Gasteiger partial charge in [-0.3, -0.25) is 15.0 Å². The lowest BCUT2D eigenvalue weighted by molar-refractivity contribution is -0.385. The van der Waals surface area contributed by atoms with E-state index in [0.29, 0.717) is 37.4 Å². The third-order valence-corrected chi connectivity index (χ3v) is 5.07. The first-order valence-corrected chi connectivity index (χ1v) is 8.92. The van der Waals surface area contributed by atoms with Gasteiger partial charge in [0.05, 0.1) is 29.7 Å². The van der Waals surface area contributed by atoms with Crippen LogP contribution in [-0.2, 0) is 4.74 Å². The number of rotatable bonds is 4. The summed E-state index contributed by atoms with van der Waals surface area (Å²) in [6, 6.07) is 17.8. The van der Waals surface area contributed by atoms with E-state index in [4.69, 9.17) is 4.74 Å². The van der Waals surface area contributed by atoms with Gasteiger partial charge < -0.3 is 9.84 Å². The summed E-state index contributed by atoms with van der Waals surface area (Å²) in [4.78, 5) is 13.4. The Hall–Kier alpha value is -2.96. The van der Waals surface area contributed by atoms with Gasteiger partial charge in [-0.05, 0) is 5.39 Å². The molecule has 1 aliphatic heterocycles. The number of phenols is 1. The van der Waals surface area contributed by atoms with Gasteiger partial charge in [-0.2, -0.15) is 0 Å². The predicted octanol–water partition coefficient (Wildman–Crippen LogP) is 3.88. The Morgan fingerprint density at radius 2 is 1.67 bits per heavy atom. The number of morpholine rings is 1. The van der Waals surface area contributed by atoms with Crippen molar-refractivity contribution in [1.82, 2.24) is 4.90 Å². The highest BCUT2D eigenvalue weighted by Crippen LogP contribution is 2.41. The van der Waals surface area contributed by atoms with Crippen LogP contribution in [0.5, 0.6) is 5.75 Å². The van der Waals surface area contributed by atoms with Crippen LogP contribution in [0.25, 0.3) is 10.8 Å². The van der Waals surface area contributed by atoms with Gasteiger partial charge in [0.25, 0.3) is 5.69 Å². The summed E-state index contributed by atoms with van der Waals surface area (Å²) in [6.45, 7) is 2.41. The van der Waals surface area contributed by atoms with Gasteiger partial charge in [0.1, 0.15) is 5.75 Å². The highest BCUT2D eigenvalue weighted by atomic mass is 16.6. The number of aromatic hydroxyl groups is 1. The molecule has 1 heterocycles. The maximum Gasteiger partial charge on any atom is 0.274 e. The molecule has 0 radical (unpaired) electrons. The normalized spacial score (nSPS) is 16.3. The average molecular weight is 364 g/mol. The Balaban J connectivity index is 1.92. The lowest BCUT2D eigenvalue weighted by Crippen LogP contribution is -2.39. The molecule has 3 aromatic rings. The molecule has 1 fully saturated rings. The van der Waals surface area contributed by atoms with Gasteiger partial charge in [-0.15, -0.1) is 0 Å². The number of hydrogen-bond acceptors (Lipinski definition) is 5. The number of phenolic OH excluding ortho intramolecular Hbond substituents is 1. The number of benzene rings is 3. The quantitative estimate of drug-likeness (QED) is 0.562. The summed E-state index contributed by atoms with van der Waals surface area (Å²) in [7, 11) is 0. The molecule has 0 spiro atoms. The Labute approximate surface area is 156 Å². The van der Waals surface area contributed by atoms with Gasteiger partial charge in [-0.25, -0.2) is 0 Å². The summed E-state index contributed by atoms with van der Waals surface area (Å²) < 4.78 is 5.46. The van der Waals surface area contributed by atoms with Crippen LogP contribution in [0.4, 0.5) is 5.69 Å². The molecule has 27 heavy (non-hydrogen) atoms. The third-order valence-electron chi connectivity index (χ3n) is 5.07. The fraction of sp³-hybridized carbons (Fsp3) is 0.238. The first-order chi connectivity index (χ1) is 13.2. The van der Waals surface area contributed by atoms with Crippen molar-refractivity contribution < 1.29 is 14.8 Å². The van der Waals surface area contributed by atoms with Crippen molar-refractivity contribution in [3.63, 3.8) is 0 Å². The molecule has 3 aromatic carbocycles. The Morgan fingerprint density at radius 1 is 0.963 bits per heavy atom. The predicted molar refractivity (Wildman–Crippen MR) is 103 cm³/mol. The minimum absolute atomic E-state index is 0.0570. The number of hydrogen-bond donors (Lipinski definition) is 1. The summed E-state index contributed by atoms with van der Waals surface area (Å²) in [5.74, 6) is 0.169. The van der Waals surface area contributed by atoms with Crippen LogP contribution < -0.4 is 0 Å². The lowest BCUT2D eigenvalue weighted by atomic mass is 9.92. The van der Waals surface area contributed by atoms with Gasteiger partial charge in [-0.1, -0.05) is 54.6 Å². The SMILES string of the molecule is O=[N+]([O-])c1ccccc1[C@H](c1ccc2ccccc2c1O)N1CCOCC1. The topological polar surface area (TPSA) is 75.8 Å². The largest absolute Gasteiger partial charge is 0.507 e. The van der Waals surface area contributed by atoms with E-state index in [9.17, 15) is 15.2 Å². The van der Waals surface area contributed by atoms with Gasteiger partial charge in [0.15, 0.2) is 0 Å². The van der Waals surface area contributed by atoms with E-state index >= 15 is 0 Å². The van der Waals surface area contributed by atoms with Crippen molar-refractivity contribution in [2.45, 2.75) is 6.04 Å². The zero-order valence-electron chi connectivity index (χ0n) is 14.7. The number of nitro groups is 1. The minimum atomic E-state index is -0.417. The molecule has 4 rings (SSSR count). The van der Waals surface area contributed by atoms with Crippen LogP contribution in [0.2, 0.25) is 0 Å². The highest BCUT2D eigenvalue weighted by molar-refractivity contribution is 5.89. The van der Waals surface area contributed by atoms with Crippen molar-refractivity contribution in [1.29, 1.82) is 0 Å². The summed E-state index contributed by atoms with van der Waals surface area (Å²) >= 11 is 0. The van der Waals surface area contributed by atoms with Crippen LogP contribution in [0.3, 0.4) is 0 Å². The second-order valence-electron chi connectivity index (χ2n) is 6.59. The molecular formula is C21H20N2O4. The molecule has 1 aliphatic rings. The minimum Gasteiger partial charge on any atom is -0.507 e. The Bertz CT molecular complexity index is 983. The standard InChI is InChI=1S/C21H20N2O4/c24-21-16-6-2-1-5-15(16)9-10-18(21)20(22-11-13-27-14-12-22)17-7-3-4-8-19(17)23(25)26/h1-10,20,24H,11-14H2/t20-/m1/s1. The molecule has 0 aromatic heterocycles. The number of ether oxygens (including phenoxy) is 1. The second-order valence-corrected chi connectivity index (χ2v) is 6.59. The molecule has 0 bridgehead atoms. The second kappa shape index (κ2) is 7.34. The Kier molecular flexibility index (Phi) is 4.75. The van der Waals surface area contributed by atoms with E-state index in [1.54, 1.807) is 18.2 Å². The smallest absolute Gasteiger partial charge is 0.274 e. The molecule has 1 atom stereocenters. The van der Waals surface area contributed by atoms with Crippen molar-refractivity contribution in [2.24, 2.45) is 0 Å². The fourth-order valence-electron chi connectivity index (χ4n) is 3.77.